The molecule has 0 radical (unpaired) electrons. The lowest BCUT2D eigenvalue weighted by atomic mass is 10.4. The molecular weight excluding hydrogens is 288 g/mol. The second kappa shape index (κ2) is 6.29. The Morgan fingerprint density at radius 1 is 1.32 bits per heavy atom. The van der Waals surface area contributed by atoms with E-state index in [2.05, 4.69) is 0 Å². The van der Waals surface area contributed by atoms with Gasteiger partial charge in [0.1, 0.15) is 5.25 Å². The maximum Gasteiger partial charge on any atom is 0.321 e. The van der Waals surface area contributed by atoms with Crippen LogP contribution in [0.25, 0.3) is 0 Å². The SMILES string of the molecule is CCOC(=O)C(C)S(=O)c1ccc(S(C)(=O)=O)cc1. The van der Waals surface area contributed by atoms with E-state index in [1.807, 2.05) is 0 Å². The fourth-order valence-corrected chi connectivity index (χ4v) is 3.06. The highest BCUT2D eigenvalue weighted by atomic mass is 32.2. The van der Waals surface area contributed by atoms with Crippen molar-refractivity contribution in [2.75, 3.05) is 12.9 Å². The van der Waals surface area contributed by atoms with Crippen molar-refractivity contribution in [2.24, 2.45) is 0 Å². The fraction of sp³-hybridized carbons (Fsp3) is 0.417. The quantitative estimate of drug-likeness (QED) is 0.763. The molecule has 1 aromatic rings. The van der Waals surface area contributed by atoms with Crippen molar-refractivity contribution in [3.05, 3.63) is 24.3 Å². The molecular formula is C12H16O5S2. The van der Waals surface area contributed by atoms with Crippen LogP contribution >= 0.6 is 0 Å². The first kappa shape index (κ1) is 15.8. The van der Waals surface area contributed by atoms with Gasteiger partial charge in [-0.1, -0.05) is 0 Å². The first-order chi connectivity index (χ1) is 8.77. The molecule has 0 aliphatic heterocycles. The Labute approximate surface area is 115 Å². The summed E-state index contributed by atoms with van der Waals surface area (Å²) in [6.07, 6.45) is 1.10. The molecule has 2 unspecified atom stereocenters. The number of carbonyl (C=O) groups excluding carboxylic acids is 1. The summed E-state index contributed by atoms with van der Waals surface area (Å²) in [6.45, 7) is 3.42. The van der Waals surface area contributed by atoms with E-state index in [9.17, 15) is 17.4 Å². The standard InChI is InChI=1S/C12H16O5S2/c1-4-17-12(13)9(2)18(14)10-5-7-11(8-6-10)19(3,15)16/h5-9H,4H2,1-3H3. The van der Waals surface area contributed by atoms with Gasteiger partial charge in [0.2, 0.25) is 0 Å². The van der Waals surface area contributed by atoms with Crippen molar-refractivity contribution >= 4 is 26.6 Å². The summed E-state index contributed by atoms with van der Waals surface area (Å²) in [5, 5.41) is -0.788. The highest BCUT2D eigenvalue weighted by Crippen LogP contribution is 2.16. The number of esters is 1. The minimum absolute atomic E-state index is 0.150. The summed E-state index contributed by atoms with van der Waals surface area (Å²) < 4.78 is 39.5. The maximum atomic E-state index is 12.1. The summed E-state index contributed by atoms with van der Waals surface area (Å²) in [5.41, 5.74) is 0. The number of carbonyl (C=O) groups is 1. The molecule has 0 N–H and O–H groups in total. The largest absolute Gasteiger partial charge is 0.465 e. The van der Waals surface area contributed by atoms with Crippen LogP contribution in [-0.4, -0.2) is 36.7 Å². The lowest BCUT2D eigenvalue weighted by molar-refractivity contribution is -0.142. The Balaban J connectivity index is 2.93. The van der Waals surface area contributed by atoms with E-state index < -0.39 is 31.9 Å². The Morgan fingerprint density at radius 2 is 1.84 bits per heavy atom. The zero-order valence-electron chi connectivity index (χ0n) is 11.0. The number of benzene rings is 1. The topological polar surface area (TPSA) is 77.5 Å². The average Bonchev–Trinajstić information content (AvgIpc) is 2.36. The molecule has 0 bridgehead atoms. The molecule has 1 rings (SSSR count). The Bertz CT molecular complexity index is 575. The van der Waals surface area contributed by atoms with Crippen molar-refractivity contribution in [3.8, 4) is 0 Å². The predicted molar refractivity (Wildman–Crippen MR) is 72.1 cm³/mol. The predicted octanol–water partition coefficient (Wildman–Crippen LogP) is 1.15. The third-order valence-corrected chi connectivity index (χ3v) is 5.12. The monoisotopic (exact) mass is 304 g/mol. The van der Waals surface area contributed by atoms with Gasteiger partial charge in [0.05, 0.1) is 22.3 Å². The lowest BCUT2D eigenvalue weighted by Crippen LogP contribution is -2.25. The fourth-order valence-electron chi connectivity index (χ4n) is 1.37. The minimum atomic E-state index is -3.28. The third-order valence-electron chi connectivity index (χ3n) is 2.42. The van der Waals surface area contributed by atoms with Gasteiger partial charge in [-0.25, -0.2) is 8.42 Å². The van der Waals surface area contributed by atoms with E-state index in [1.54, 1.807) is 6.92 Å². The molecule has 7 heteroatoms. The molecule has 5 nitrogen and oxygen atoms in total. The molecule has 1 aromatic carbocycles. The van der Waals surface area contributed by atoms with E-state index in [1.165, 1.54) is 31.2 Å². The van der Waals surface area contributed by atoms with Gasteiger partial charge in [-0.15, -0.1) is 0 Å². The molecule has 19 heavy (non-hydrogen) atoms. The molecule has 0 saturated carbocycles. The minimum Gasteiger partial charge on any atom is -0.465 e. The molecule has 0 amide bonds. The average molecular weight is 304 g/mol. The van der Waals surface area contributed by atoms with Gasteiger partial charge in [-0.05, 0) is 38.1 Å². The highest BCUT2D eigenvalue weighted by Gasteiger charge is 2.22. The van der Waals surface area contributed by atoms with Crippen LogP contribution in [0, 0.1) is 0 Å². The van der Waals surface area contributed by atoms with Crippen LogP contribution in [0.4, 0.5) is 0 Å². The second-order valence-electron chi connectivity index (χ2n) is 3.94. The summed E-state index contributed by atoms with van der Waals surface area (Å²) in [7, 11) is -4.85. The van der Waals surface area contributed by atoms with Gasteiger partial charge in [0, 0.05) is 11.2 Å². The van der Waals surface area contributed by atoms with Gasteiger partial charge in [-0.2, -0.15) is 0 Å². The summed E-state index contributed by atoms with van der Waals surface area (Å²) in [6, 6.07) is 5.64. The first-order valence-electron chi connectivity index (χ1n) is 5.64. The Kier molecular flexibility index (Phi) is 5.25. The number of hydrogen-bond acceptors (Lipinski definition) is 5. The molecule has 0 heterocycles. The highest BCUT2D eigenvalue weighted by molar-refractivity contribution is 7.90. The van der Waals surface area contributed by atoms with E-state index >= 15 is 0 Å². The van der Waals surface area contributed by atoms with E-state index in [0.717, 1.165) is 6.26 Å². The van der Waals surface area contributed by atoms with E-state index in [0.29, 0.717) is 4.90 Å². The van der Waals surface area contributed by atoms with Gasteiger partial charge >= 0.3 is 5.97 Å². The Morgan fingerprint density at radius 3 is 2.26 bits per heavy atom. The van der Waals surface area contributed by atoms with Gasteiger partial charge in [-0.3, -0.25) is 9.00 Å². The number of hydrogen-bond donors (Lipinski definition) is 0. The molecule has 0 spiro atoms. The van der Waals surface area contributed by atoms with Crippen LogP contribution in [0.3, 0.4) is 0 Å². The molecule has 0 saturated heterocycles. The zero-order chi connectivity index (χ0) is 14.6. The lowest BCUT2D eigenvalue weighted by Gasteiger charge is -2.10. The molecule has 0 aliphatic rings. The summed E-state index contributed by atoms with van der Waals surface area (Å²) in [5.74, 6) is -0.534. The maximum absolute atomic E-state index is 12.1. The van der Waals surface area contributed by atoms with Crippen molar-refractivity contribution in [3.63, 3.8) is 0 Å². The number of ether oxygens (including phenoxy) is 1. The van der Waals surface area contributed by atoms with Crippen molar-refractivity contribution in [1.82, 2.24) is 0 Å². The van der Waals surface area contributed by atoms with Gasteiger partial charge in [0.15, 0.2) is 9.84 Å². The summed E-state index contributed by atoms with van der Waals surface area (Å²) in [4.78, 5) is 12.0. The van der Waals surface area contributed by atoms with Crippen LogP contribution in [0.1, 0.15) is 13.8 Å². The van der Waals surface area contributed by atoms with Gasteiger partial charge in [0.25, 0.3) is 0 Å². The zero-order valence-corrected chi connectivity index (χ0v) is 12.6. The second-order valence-corrected chi connectivity index (χ2v) is 7.72. The van der Waals surface area contributed by atoms with Gasteiger partial charge < -0.3 is 4.74 Å². The summed E-state index contributed by atoms with van der Waals surface area (Å²) >= 11 is 0. The molecule has 106 valence electrons. The van der Waals surface area contributed by atoms with Crippen LogP contribution in [0.15, 0.2) is 34.1 Å². The van der Waals surface area contributed by atoms with Crippen LogP contribution < -0.4 is 0 Å². The Hall–Kier alpha value is -1.21. The van der Waals surface area contributed by atoms with E-state index in [4.69, 9.17) is 4.74 Å². The molecule has 0 aromatic heterocycles. The molecule has 0 fully saturated rings. The number of rotatable bonds is 5. The van der Waals surface area contributed by atoms with E-state index in [-0.39, 0.29) is 11.5 Å². The van der Waals surface area contributed by atoms with Crippen LogP contribution in [0.2, 0.25) is 0 Å². The van der Waals surface area contributed by atoms with Crippen molar-refractivity contribution in [1.29, 1.82) is 0 Å². The molecule has 2 atom stereocenters. The smallest absolute Gasteiger partial charge is 0.321 e. The number of sulfone groups is 1. The third kappa shape index (κ3) is 4.14. The van der Waals surface area contributed by atoms with Crippen molar-refractivity contribution < 1.29 is 22.2 Å². The van der Waals surface area contributed by atoms with Crippen LogP contribution in [0.5, 0.6) is 0 Å². The van der Waals surface area contributed by atoms with Crippen molar-refractivity contribution in [2.45, 2.75) is 28.9 Å². The molecule has 0 aliphatic carbocycles. The normalized spacial score (nSPS) is 14.7. The van der Waals surface area contributed by atoms with Crippen LogP contribution in [-0.2, 0) is 30.2 Å². The first-order valence-corrected chi connectivity index (χ1v) is 8.75.